The molecule has 3 atom stereocenters. The van der Waals surface area contributed by atoms with Gasteiger partial charge in [0, 0.05) is 18.6 Å². The molecule has 2 aliphatic rings. The Morgan fingerprint density at radius 3 is 2.69 bits per heavy atom. The van der Waals surface area contributed by atoms with Gasteiger partial charge < -0.3 is 9.64 Å². The second kappa shape index (κ2) is 8.56. The molecule has 3 rings (SSSR count). The third-order valence-corrected chi connectivity index (χ3v) is 5.69. The highest BCUT2D eigenvalue weighted by Crippen LogP contribution is 2.33. The van der Waals surface area contributed by atoms with Crippen LogP contribution in [0.4, 0.5) is 4.79 Å². The van der Waals surface area contributed by atoms with Gasteiger partial charge in [0.2, 0.25) is 5.91 Å². The molecule has 2 amide bonds. The number of rotatable bonds is 6. The molecule has 0 aromatic heterocycles. The van der Waals surface area contributed by atoms with Crippen molar-refractivity contribution in [3.05, 3.63) is 35.9 Å². The van der Waals surface area contributed by atoms with Gasteiger partial charge in [-0.3, -0.25) is 9.69 Å². The summed E-state index contributed by atoms with van der Waals surface area (Å²) < 4.78 is 5.46. The normalized spacial score (nSPS) is 25.3. The number of amides is 2. The Balaban J connectivity index is 1.58. The molecule has 2 saturated heterocycles. The van der Waals surface area contributed by atoms with Gasteiger partial charge in [0.15, 0.2) is 0 Å². The second-order valence-electron chi connectivity index (χ2n) is 7.49. The van der Waals surface area contributed by atoms with Gasteiger partial charge in [-0.2, -0.15) is 0 Å². The number of hydrogen-bond acceptors (Lipinski definition) is 3. The van der Waals surface area contributed by atoms with Crippen LogP contribution in [0.25, 0.3) is 0 Å². The molecule has 2 fully saturated rings. The van der Waals surface area contributed by atoms with Crippen LogP contribution < -0.4 is 0 Å². The molecule has 5 heteroatoms. The number of unbranched alkanes of at least 4 members (excludes halogenated alkanes) is 2. The van der Waals surface area contributed by atoms with Gasteiger partial charge in [-0.15, -0.1) is 0 Å². The van der Waals surface area contributed by atoms with Crippen LogP contribution in [0.3, 0.4) is 0 Å². The predicted molar refractivity (Wildman–Crippen MR) is 101 cm³/mol. The summed E-state index contributed by atoms with van der Waals surface area (Å²) in [7, 11) is 0. The number of benzene rings is 1. The Morgan fingerprint density at radius 2 is 1.96 bits per heavy atom. The lowest BCUT2D eigenvalue weighted by Crippen LogP contribution is -2.61. The van der Waals surface area contributed by atoms with Gasteiger partial charge in [-0.25, -0.2) is 4.79 Å². The highest BCUT2D eigenvalue weighted by Gasteiger charge is 2.46. The molecule has 26 heavy (non-hydrogen) atoms. The zero-order valence-corrected chi connectivity index (χ0v) is 15.9. The maximum atomic E-state index is 12.9. The minimum absolute atomic E-state index is 0.0805. The summed E-state index contributed by atoms with van der Waals surface area (Å²) >= 11 is 0. The van der Waals surface area contributed by atoms with Crippen molar-refractivity contribution in [3.63, 3.8) is 0 Å². The summed E-state index contributed by atoms with van der Waals surface area (Å²) in [6.45, 7) is 4.85. The van der Waals surface area contributed by atoms with E-state index >= 15 is 0 Å². The Hall–Kier alpha value is -2.04. The van der Waals surface area contributed by atoms with Crippen LogP contribution in [0.15, 0.2) is 30.3 Å². The summed E-state index contributed by atoms with van der Waals surface area (Å²) in [4.78, 5) is 29.1. The molecule has 0 N–H and O–H groups in total. The van der Waals surface area contributed by atoms with Gasteiger partial charge in [0.25, 0.3) is 0 Å². The molecule has 142 valence electrons. The van der Waals surface area contributed by atoms with Crippen molar-refractivity contribution >= 4 is 12.0 Å². The number of hydrogen-bond donors (Lipinski definition) is 0. The first-order valence-corrected chi connectivity index (χ1v) is 9.91. The Bertz CT molecular complexity index is 619. The van der Waals surface area contributed by atoms with E-state index in [2.05, 4.69) is 11.8 Å². The number of piperazine rings is 1. The highest BCUT2D eigenvalue weighted by atomic mass is 16.6. The summed E-state index contributed by atoms with van der Waals surface area (Å²) in [5.41, 5.74) is 0.954. The molecule has 0 saturated carbocycles. The van der Waals surface area contributed by atoms with Crippen molar-refractivity contribution in [2.45, 2.75) is 77.1 Å². The molecule has 0 spiro atoms. The van der Waals surface area contributed by atoms with E-state index in [1.165, 1.54) is 19.3 Å². The van der Waals surface area contributed by atoms with Crippen molar-refractivity contribution in [2.24, 2.45) is 0 Å². The van der Waals surface area contributed by atoms with Gasteiger partial charge in [0.1, 0.15) is 12.6 Å². The van der Waals surface area contributed by atoms with E-state index in [-0.39, 0.29) is 24.6 Å². The van der Waals surface area contributed by atoms with Crippen LogP contribution >= 0.6 is 0 Å². The minimum Gasteiger partial charge on any atom is -0.445 e. The largest absolute Gasteiger partial charge is 0.445 e. The average Bonchev–Trinajstić information content (AvgIpc) is 3.07. The Morgan fingerprint density at radius 1 is 1.19 bits per heavy atom. The van der Waals surface area contributed by atoms with Crippen LogP contribution in [0.1, 0.15) is 57.9 Å². The van der Waals surface area contributed by atoms with Crippen LogP contribution in [-0.2, 0) is 16.1 Å². The summed E-state index contributed by atoms with van der Waals surface area (Å²) in [6.07, 6.45) is 6.33. The Kier molecular flexibility index (Phi) is 6.17. The molecule has 1 unspecified atom stereocenters. The predicted octanol–water partition coefficient (Wildman–Crippen LogP) is 3.97. The first-order chi connectivity index (χ1) is 12.6. The fraction of sp³-hybridized carbons (Fsp3) is 0.619. The van der Waals surface area contributed by atoms with Gasteiger partial charge >= 0.3 is 6.09 Å². The molecule has 0 bridgehead atoms. The number of nitrogens with zero attached hydrogens (tertiary/aromatic N) is 2. The summed E-state index contributed by atoms with van der Waals surface area (Å²) in [5.74, 6) is 0.0805. The maximum absolute atomic E-state index is 12.9. The smallest absolute Gasteiger partial charge is 0.410 e. The number of fused-ring (bicyclic) bond motifs is 1. The van der Waals surface area contributed by atoms with Crippen LogP contribution in [0, 0.1) is 0 Å². The van der Waals surface area contributed by atoms with Crippen molar-refractivity contribution in [1.82, 2.24) is 9.80 Å². The maximum Gasteiger partial charge on any atom is 0.410 e. The lowest BCUT2D eigenvalue weighted by molar-refractivity contribution is -0.144. The minimum atomic E-state index is -0.443. The molecule has 5 nitrogen and oxygen atoms in total. The van der Waals surface area contributed by atoms with Crippen molar-refractivity contribution in [2.75, 3.05) is 6.54 Å². The number of carbonyl (C=O) groups is 2. The lowest BCUT2D eigenvalue weighted by Gasteiger charge is -2.43. The van der Waals surface area contributed by atoms with E-state index < -0.39 is 6.04 Å². The molecular formula is C21H30N2O3. The monoisotopic (exact) mass is 358 g/mol. The molecule has 1 aromatic rings. The zero-order valence-electron chi connectivity index (χ0n) is 15.9. The average molecular weight is 358 g/mol. The van der Waals surface area contributed by atoms with E-state index in [1.807, 2.05) is 37.3 Å². The molecule has 0 aliphatic carbocycles. The Labute approximate surface area is 156 Å². The second-order valence-corrected chi connectivity index (χ2v) is 7.49. The van der Waals surface area contributed by atoms with E-state index in [0.717, 1.165) is 24.8 Å². The summed E-state index contributed by atoms with van der Waals surface area (Å²) in [6, 6.07) is 9.69. The molecule has 2 aliphatic heterocycles. The molecular weight excluding hydrogens is 328 g/mol. The van der Waals surface area contributed by atoms with E-state index in [1.54, 1.807) is 4.90 Å². The van der Waals surface area contributed by atoms with Crippen molar-refractivity contribution < 1.29 is 14.3 Å². The molecule has 0 radical (unpaired) electrons. The van der Waals surface area contributed by atoms with E-state index in [4.69, 9.17) is 4.74 Å². The van der Waals surface area contributed by atoms with Gasteiger partial charge in [0.05, 0.1) is 0 Å². The van der Waals surface area contributed by atoms with E-state index in [9.17, 15) is 9.59 Å². The first kappa shape index (κ1) is 18.7. The quantitative estimate of drug-likeness (QED) is 0.723. The first-order valence-electron chi connectivity index (χ1n) is 9.91. The third-order valence-electron chi connectivity index (χ3n) is 5.69. The third kappa shape index (κ3) is 4.02. The van der Waals surface area contributed by atoms with E-state index in [0.29, 0.717) is 12.6 Å². The van der Waals surface area contributed by atoms with Crippen LogP contribution in [0.2, 0.25) is 0 Å². The standard InChI is InChI=1S/C21H30N2O3/c1-3-4-6-11-18-12-13-19-14-22(16(2)20(24)23(18)19)21(25)26-15-17-9-7-5-8-10-17/h5,7-10,16,18-19H,3-4,6,11-15H2,1-2H3/t16-,18?,19-/m0/s1. The summed E-state index contributed by atoms with van der Waals surface area (Å²) in [5, 5.41) is 0. The zero-order chi connectivity index (χ0) is 18.5. The molecule has 2 heterocycles. The topological polar surface area (TPSA) is 49.9 Å². The SMILES string of the molecule is CCCCCC1CC[C@H]2CN(C(=O)OCc3ccccc3)[C@@H](C)C(=O)N12. The number of carbonyl (C=O) groups excluding carboxylic acids is 2. The van der Waals surface area contributed by atoms with Crippen LogP contribution in [-0.4, -0.2) is 46.5 Å². The lowest BCUT2D eigenvalue weighted by atomic mass is 10.1. The fourth-order valence-corrected chi connectivity index (χ4v) is 4.18. The fourth-order valence-electron chi connectivity index (χ4n) is 4.18. The van der Waals surface area contributed by atoms with Crippen molar-refractivity contribution in [1.29, 1.82) is 0 Å². The van der Waals surface area contributed by atoms with Gasteiger partial charge in [-0.05, 0) is 31.7 Å². The van der Waals surface area contributed by atoms with Crippen molar-refractivity contribution in [3.8, 4) is 0 Å². The number of ether oxygens (including phenoxy) is 1. The van der Waals surface area contributed by atoms with Gasteiger partial charge in [-0.1, -0.05) is 56.5 Å². The van der Waals surface area contributed by atoms with Crippen LogP contribution in [0.5, 0.6) is 0 Å². The molecule has 1 aromatic carbocycles. The highest BCUT2D eigenvalue weighted by molar-refractivity contribution is 5.87.